The standard InChI is InChI=1S/C27H28O4/c1-2-10-27(29)11-9-20-21-6-3-16-12-18(28)5-7-19(16)26(21)22(14-23(20)27)17-4-8-24-25(13-17)31-15-30-24/h3-4,8,13,20-23,29H,5-7,9,11-12,14-15H2,1H3/t20?,21-,22+,23?,27-/m0/s1. The lowest BCUT2D eigenvalue weighted by Gasteiger charge is -2.47. The molecule has 31 heavy (non-hydrogen) atoms. The molecule has 0 radical (unpaired) electrons. The van der Waals surface area contributed by atoms with Crippen LogP contribution < -0.4 is 9.47 Å². The summed E-state index contributed by atoms with van der Waals surface area (Å²) in [6.45, 7) is 2.09. The van der Waals surface area contributed by atoms with Crippen molar-refractivity contribution in [2.45, 2.75) is 63.4 Å². The highest BCUT2D eigenvalue weighted by Gasteiger charge is 2.55. The number of benzene rings is 1. The second-order valence-electron chi connectivity index (χ2n) is 9.73. The summed E-state index contributed by atoms with van der Waals surface area (Å²) in [6.07, 6.45) is 8.05. The van der Waals surface area contributed by atoms with Crippen LogP contribution in [-0.4, -0.2) is 23.3 Å². The second kappa shape index (κ2) is 7.00. The third-order valence-electron chi connectivity index (χ3n) is 8.31. The van der Waals surface area contributed by atoms with Gasteiger partial charge >= 0.3 is 0 Å². The smallest absolute Gasteiger partial charge is 0.231 e. The normalized spacial score (nSPS) is 35.5. The Bertz CT molecular complexity index is 1080. The van der Waals surface area contributed by atoms with Crippen molar-refractivity contribution in [2.24, 2.45) is 17.8 Å². The van der Waals surface area contributed by atoms with E-state index in [9.17, 15) is 9.90 Å². The summed E-state index contributed by atoms with van der Waals surface area (Å²) in [5.74, 6) is 9.40. The van der Waals surface area contributed by atoms with Crippen LogP contribution in [0.25, 0.3) is 0 Å². The minimum atomic E-state index is -0.892. The Morgan fingerprint density at radius 3 is 2.94 bits per heavy atom. The van der Waals surface area contributed by atoms with Gasteiger partial charge in [-0.3, -0.25) is 4.79 Å². The molecule has 3 saturated carbocycles. The fraction of sp³-hybridized carbons (Fsp3) is 0.519. The van der Waals surface area contributed by atoms with Crippen LogP contribution in [0.3, 0.4) is 0 Å². The number of hydrogen-bond acceptors (Lipinski definition) is 4. The number of Topliss-reactive ketones (excluding diaryl/α,β-unsaturated/α-hetero) is 1. The first-order chi connectivity index (χ1) is 15.1. The molecule has 3 fully saturated rings. The number of allylic oxidation sites excluding steroid dienone is 4. The summed E-state index contributed by atoms with van der Waals surface area (Å²) < 4.78 is 11.2. The maximum absolute atomic E-state index is 12.2. The molecule has 6 rings (SSSR count). The number of ether oxygens (including phenoxy) is 2. The van der Waals surface area contributed by atoms with Gasteiger partial charge in [0.15, 0.2) is 11.5 Å². The van der Waals surface area contributed by atoms with Gasteiger partial charge in [0, 0.05) is 24.7 Å². The lowest BCUT2D eigenvalue weighted by molar-refractivity contribution is -0.118. The molecule has 1 aliphatic heterocycles. The van der Waals surface area contributed by atoms with Crippen LogP contribution in [0.4, 0.5) is 0 Å². The first-order valence-electron chi connectivity index (χ1n) is 11.6. The molecular weight excluding hydrogens is 388 g/mol. The van der Waals surface area contributed by atoms with Crippen LogP contribution in [0.5, 0.6) is 11.5 Å². The first kappa shape index (κ1) is 19.2. The summed E-state index contributed by atoms with van der Waals surface area (Å²) in [6, 6.07) is 6.30. The molecule has 4 aliphatic carbocycles. The average Bonchev–Trinajstić information content (AvgIpc) is 3.37. The zero-order valence-corrected chi connectivity index (χ0v) is 17.9. The zero-order valence-electron chi connectivity index (χ0n) is 17.9. The Morgan fingerprint density at radius 1 is 1.19 bits per heavy atom. The lowest BCUT2D eigenvalue weighted by atomic mass is 9.57. The van der Waals surface area contributed by atoms with Crippen molar-refractivity contribution >= 4 is 5.78 Å². The quantitative estimate of drug-likeness (QED) is 0.676. The van der Waals surface area contributed by atoms with Gasteiger partial charge in [-0.25, -0.2) is 0 Å². The SMILES string of the molecule is CC#C[C@]1(O)CCC2C1C[C@H](c1ccc3c(c1)OCO3)C1=C3CCC(=O)CC3=CC[C@H]12. The Labute approximate surface area is 183 Å². The summed E-state index contributed by atoms with van der Waals surface area (Å²) >= 11 is 0. The Balaban J connectivity index is 1.48. The van der Waals surface area contributed by atoms with Crippen LogP contribution in [0.1, 0.15) is 63.4 Å². The number of rotatable bonds is 1. The number of fused-ring (bicyclic) bond motifs is 5. The highest BCUT2D eigenvalue weighted by Crippen LogP contribution is 2.60. The van der Waals surface area contributed by atoms with Crippen molar-refractivity contribution in [1.82, 2.24) is 0 Å². The third-order valence-corrected chi connectivity index (χ3v) is 8.31. The monoisotopic (exact) mass is 416 g/mol. The van der Waals surface area contributed by atoms with Crippen molar-refractivity contribution in [3.05, 3.63) is 46.6 Å². The first-order valence-corrected chi connectivity index (χ1v) is 11.6. The second-order valence-corrected chi connectivity index (χ2v) is 9.73. The molecule has 0 spiro atoms. The molecule has 5 aliphatic rings. The minimum Gasteiger partial charge on any atom is -0.454 e. The van der Waals surface area contributed by atoms with E-state index in [0.717, 1.165) is 43.6 Å². The van der Waals surface area contributed by atoms with Crippen molar-refractivity contribution in [2.75, 3.05) is 6.79 Å². The number of carbonyl (C=O) groups excluding carboxylic acids is 1. The Kier molecular flexibility index (Phi) is 4.34. The van der Waals surface area contributed by atoms with Crippen LogP contribution in [0, 0.1) is 29.6 Å². The predicted molar refractivity (Wildman–Crippen MR) is 117 cm³/mol. The zero-order chi connectivity index (χ0) is 21.2. The number of carbonyl (C=O) groups is 1. The third kappa shape index (κ3) is 2.90. The van der Waals surface area contributed by atoms with Gasteiger partial charge in [-0.2, -0.15) is 0 Å². The maximum Gasteiger partial charge on any atom is 0.231 e. The lowest BCUT2D eigenvalue weighted by Crippen LogP contribution is -2.42. The molecule has 0 bridgehead atoms. The predicted octanol–water partition coefficient (Wildman–Crippen LogP) is 4.68. The van der Waals surface area contributed by atoms with E-state index in [1.54, 1.807) is 0 Å². The molecule has 1 heterocycles. The maximum atomic E-state index is 12.2. The summed E-state index contributed by atoms with van der Waals surface area (Å²) in [4.78, 5) is 12.2. The molecule has 5 atom stereocenters. The van der Waals surface area contributed by atoms with E-state index >= 15 is 0 Å². The summed E-state index contributed by atoms with van der Waals surface area (Å²) in [5.41, 5.74) is 4.55. The summed E-state index contributed by atoms with van der Waals surface area (Å²) in [5, 5.41) is 11.5. The van der Waals surface area contributed by atoms with Crippen molar-refractivity contribution in [1.29, 1.82) is 0 Å². The highest BCUT2D eigenvalue weighted by molar-refractivity contribution is 5.84. The van der Waals surface area contributed by atoms with E-state index in [2.05, 4.69) is 30.0 Å². The molecule has 2 unspecified atom stereocenters. The van der Waals surface area contributed by atoms with Crippen LogP contribution in [0.2, 0.25) is 0 Å². The van der Waals surface area contributed by atoms with Crippen molar-refractivity contribution < 1.29 is 19.4 Å². The van der Waals surface area contributed by atoms with Gasteiger partial charge in [-0.1, -0.05) is 23.6 Å². The van der Waals surface area contributed by atoms with E-state index in [1.807, 2.05) is 13.0 Å². The molecule has 1 aromatic carbocycles. The van der Waals surface area contributed by atoms with Gasteiger partial charge in [0.25, 0.3) is 0 Å². The molecule has 0 amide bonds. The molecule has 4 nitrogen and oxygen atoms in total. The molecule has 1 N–H and O–H groups in total. The largest absolute Gasteiger partial charge is 0.454 e. The molecule has 160 valence electrons. The van der Waals surface area contributed by atoms with Gasteiger partial charge in [0.1, 0.15) is 11.4 Å². The van der Waals surface area contributed by atoms with E-state index in [0.29, 0.717) is 30.5 Å². The molecule has 1 aromatic rings. The van der Waals surface area contributed by atoms with Crippen LogP contribution in [0.15, 0.2) is 41.0 Å². The van der Waals surface area contributed by atoms with Crippen LogP contribution in [-0.2, 0) is 4.79 Å². The molecule has 4 heteroatoms. The van der Waals surface area contributed by atoms with E-state index in [4.69, 9.17) is 9.47 Å². The van der Waals surface area contributed by atoms with Gasteiger partial charge in [0.05, 0.1) is 0 Å². The Hall–Kier alpha value is -2.51. The summed E-state index contributed by atoms with van der Waals surface area (Å²) in [7, 11) is 0. The number of ketones is 1. The highest BCUT2D eigenvalue weighted by atomic mass is 16.7. The topological polar surface area (TPSA) is 55.8 Å². The van der Waals surface area contributed by atoms with Gasteiger partial charge in [-0.15, -0.1) is 5.92 Å². The number of hydrogen-bond donors (Lipinski definition) is 1. The minimum absolute atomic E-state index is 0.171. The van der Waals surface area contributed by atoms with Crippen molar-refractivity contribution in [3.8, 4) is 23.3 Å². The van der Waals surface area contributed by atoms with E-state index in [-0.39, 0.29) is 18.6 Å². The van der Waals surface area contributed by atoms with Crippen molar-refractivity contribution in [3.63, 3.8) is 0 Å². The van der Waals surface area contributed by atoms with E-state index in [1.165, 1.54) is 22.3 Å². The van der Waals surface area contributed by atoms with E-state index < -0.39 is 5.60 Å². The molecular formula is C27H28O4. The van der Waals surface area contributed by atoms with Gasteiger partial charge in [-0.05, 0) is 79.7 Å². The Morgan fingerprint density at radius 2 is 2.06 bits per heavy atom. The van der Waals surface area contributed by atoms with Gasteiger partial charge < -0.3 is 14.6 Å². The fourth-order valence-electron chi connectivity index (χ4n) is 7.03. The molecule has 0 saturated heterocycles. The van der Waals surface area contributed by atoms with Gasteiger partial charge in [0.2, 0.25) is 6.79 Å². The molecule has 0 aromatic heterocycles. The fourth-order valence-corrected chi connectivity index (χ4v) is 7.03. The van der Waals surface area contributed by atoms with Crippen LogP contribution >= 0.6 is 0 Å². The number of aliphatic hydroxyl groups is 1. The average molecular weight is 417 g/mol.